The third kappa shape index (κ3) is 3.34. The summed E-state index contributed by atoms with van der Waals surface area (Å²) >= 11 is 8.83. The Morgan fingerprint density at radius 1 is 1.50 bits per heavy atom. The van der Waals surface area contributed by atoms with Crippen LogP contribution in [0.25, 0.3) is 0 Å². The molecule has 0 saturated heterocycles. The summed E-state index contributed by atoms with van der Waals surface area (Å²) in [7, 11) is 0. The van der Waals surface area contributed by atoms with Crippen molar-refractivity contribution in [1.82, 2.24) is 0 Å². The minimum atomic E-state index is -0.593. The molecule has 0 aliphatic rings. The molecule has 0 heterocycles. The van der Waals surface area contributed by atoms with Crippen LogP contribution in [-0.4, -0.2) is 18.3 Å². The number of aliphatic hydroxyl groups is 1. The fourth-order valence-corrected chi connectivity index (χ4v) is 1.40. The van der Waals surface area contributed by atoms with Gasteiger partial charge in [-0.25, -0.2) is 4.39 Å². The summed E-state index contributed by atoms with van der Waals surface area (Å²) in [5.41, 5.74) is -0.411. The van der Waals surface area contributed by atoms with E-state index >= 15 is 0 Å². The molecular weight excluding hydrogens is 298 g/mol. The van der Waals surface area contributed by atoms with Gasteiger partial charge in [-0.15, -0.1) is 0 Å². The molecule has 1 N–H and O–H groups in total. The molecule has 0 fully saturated rings. The molecule has 1 rings (SSSR count). The molecule has 0 amide bonds. The van der Waals surface area contributed by atoms with Crippen LogP contribution in [0.4, 0.5) is 4.39 Å². The lowest BCUT2D eigenvalue weighted by atomic mass is 9.96. The highest BCUT2D eigenvalue weighted by Gasteiger charge is 2.19. The van der Waals surface area contributed by atoms with Crippen molar-refractivity contribution in [3.05, 3.63) is 27.4 Å². The highest BCUT2D eigenvalue weighted by atomic mass is 79.9. The number of ether oxygens (including phenoxy) is 1. The Bertz CT molecular complexity index is 382. The Morgan fingerprint density at radius 3 is 2.69 bits per heavy atom. The summed E-state index contributed by atoms with van der Waals surface area (Å²) in [6.45, 7) is 3.84. The van der Waals surface area contributed by atoms with Gasteiger partial charge in [0.1, 0.15) is 0 Å². The van der Waals surface area contributed by atoms with Crippen LogP contribution in [0, 0.1) is 11.2 Å². The van der Waals surface area contributed by atoms with Crippen molar-refractivity contribution in [2.75, 3.05) is 13.2 Å². The highest BCUT2D eigenvalue weighted by molar-refractivity contribution is 9.10. The van der Waals surface area contributed by atoms with Gasteiger partial charge in [-0.3, -0.25) is 0 Å². The van der Waals surface area contributed by atoms with Gasteiger partial charge in [0, 0.05) is 9.89 Å². The Balaban J connectivity index is 2.80. The number of benzene rings is 1. The van der Waals surface area contributed by atoms with Crippen molar-refractivity contribution >= 4 is 27.5 Å². The Hall–Kier alpha value is -0.320. The Morgan fingerprint density at radius 2 is 2.12 bits per heavy atom. The normalized spacial score (nSPS) is 11.6. The number of hydrogen-bond acceptors (Lipinski definition) is 2. The SMILES string of the molecule is CC(C)(CO)COc1ccc(Br)c(Cl)c1F. The van der Waals surface area contributed by atoms with Gasteiger partial charge in [-0.1, -0.05) is 25.4 Å². The number of aliphatic hydroxyl groups excluding tert-OH is 1. The number of rotatable bonds is 4. The maximum absolute atomic E-state index is 13.6. The molecule has 1 aromatic rings. The second-order valence-corrected chi connectivity index (χ2v) is 5.52. The minimum Gasteiger partial charge on any atom is -0.490 e. The third-order valence-electron chi connectivity index (χ3n) is 2.05. The van der Waals surface area contributed by atoms with Gasteiger partial charge in [0.2, 0.25) is 0 Å². The van der Waals surface area contributed by atoms with E-state index < -0.39 is 11.2 Å². The first-order valence-electron chi connectivity index (χ1n) is 4.74. The molecule has 0 spiro atoms. The van der Waals surface area contributed by atoms with Crippen LogP contribution in [0.1, 0.15) is 13.8 Å². The molecule has 0 aliphatic carbocycles. The smallest absolute Gasteiger partial charge is 0.184 e. The third-order valence-corrected chi connectivity index (χ3v) is 3.30. The molecule has 0 aliphatic heterocycles. The molecule has 0 saturated carbocycles. The van der Waals surface area contributed by atoms with E-state index in [9.17, 15) is 4.39 Å². The van der Waals surface area contributed by atoms with Crippen LogP contribution in [0.15, 0.2) is 16.6 Å². The maximum atomic E-state index is 13.6. The molecule has 90 valence electrons. The van der Waals surface area contributed by atoms with E-state index in [0.717, 1.165) is 0 Å². The van der Waals surface area contributed by atoms with E-state index in [0.29, 0.717) is 4.47 Å². The molecule has 2 nitrogen and oxygen atoms in total. The van der Waals surface area contributed by atoms with E-state index in [4.69, 9.17) is 21.4 Å². The number of hydrogen-bond donors (Lipinski definition) is 1. The van der Waals surface area contributed by atoms with Gasteiger partial charge in [0.05, 0.1) is 18.2 Å². The molecule has 16 heavy (non-hydrogen) atoms. The van der Waals surface area contributed by atoms with Gasteiger partial charge in [-0.2, -0.15) is 0 Å². The van der Waals surface area contributed by atoms with Gasteiger partial charge < -0.3 is 9.84 Å². The van der Waals surface area contributed by atoms with Gasteiger partial charge in [0.15, 0.2) is 11.6 Å². The summed E-state index contributed by atoms with van der Waals surface area (Å²) in [6, 6.07) is 3.12. The fraction of sp³-hybridized carbons (Fsp3) is 0.455. The first-order chi connectivity index (χ1) is 7.37. The van der Waals surface area contributed by atoms with Crippen molar-refractivity contribution < 1.29 is 14.2 Å². The predicted molar refractivity (Wildman–Crippen MR) is 65.5 cm³/mol. The van der Waals surface area contributed by atoms with Crippen molar-refractivity contribution in [1.29, 1.82) is 0 Å². The molecule has 0 atom stereocenters. The largest absolute Gasteiger partial charge is 0.490 e. The zero-order valence-electron chi connectivity index (χ0n) is 9.06. The van der Waals surface area contributed by atoms with Crippen molar-refractivity contribution in [3.8, 4) is 5.75 Å². The maximum Gasteiger partial charge on any atom is 0.184 e. The molecule has 0 radical (unpaired) electrons. The summed E-state index contributed by atoms with van der Waals surface area (Å²) in [5, 5.41) is 9.03. The van der Waals surface area contributed by atoms with E-state index in [1.165, 1.54) is 6.07 Å². The molecule has 0 unspecified atom stereocenters. The Labute approximate surface area is 108 Å². The lowest BCUT2D eigenvalue weighted by molar-refractivity contribution is 0.0953. The number of halogens is 3. The lowest BCUT2D eigenvalue weighted by Crippen LogP contribution is -2.25. The van der Waals surface area contributed by atoms with E-state index in [1.807, 2.05) is 13.8 Å². The topological polar surface area (TPSA) is 29.5 Å². The van der Waals surface area contributed by atoms with Crippen molar-refractivity contribution in [2.45, 2.75) is 13.8 Å². The van der Waals surface area contributed by atoms with E-state index in [1.54, 1.807) is 6.07 Å². The summed E-state index contributed by atoms with van der Waals surface area (Å²) in [5.74, 6) is -0.500. The minimum absolute atomic E-state index is 0.000644. The molecule has 5 heteroatoms. The van der Waals surface area contributed by atoms with Gasteiger partial charge >= 0.3 is 0 Å². The Kier molecular flexibility index (Phi) is 4.59. The summed E-state index contributed by atoms with van der Waals surface area (Å²) in [4.78, 5) is 0. The first kappa shape index (κ1) is 13.7. The van der Waals surface area contributed by atoms with Crippen LogP contribution in [0.3, 0.4) is 0 Å². The van der Waals surface area contributed by atoms with Crippen LogP contribution in [0.5, 0.6) is 5.75 Å². The van der Waals surface area contributed by atoms with E-state index in [2.05, 4.69) is 15.9 Å². The zero-order chi connectivity index (χ0) is 12.3. The second kappa shape index (κ2) is 5.34. The summed E-state index contributed by atoms with van der Waals surface area (Å²) in [6.07, 6.45) is 0. The van der Waals surface area contributed by atoms with Gasteiger partial charge in [-0.05, 0) is 28.1 Å². The van der Waals surface area contributed by atoms with Crippen LogP contribution < -0.4 is 4.74 Å². The second-order valence-electron chi connectivity index (χ2n) is 4.28. The quantitative estimate of drug-likeness (QED) is 0.860. The van der Waals surface area contributed by atoms with Crippen molar-refractivity contribution in [2.24, 2.45) is 5.41 Å². The standard InChI is InChI=1S/C11H13BrClFO2/c1-11(2,5-15)6-16-8-4-3-7(12)9(13)10(8)14/h3-4,15H,5-6H2,1-2H3. The molecule has 0 aromatic heterocycles. The summed E-state index contributed by atoms with van der Waals surface area (Å²) < 4.78 is 19.4. The van der Waals surface area contributed by atoms with Crippen LogP contribution >= 0.6 is 27.5 Å². The van der Waals surface area contributed by atoms with Crippen LogP contribution in [0.2, 0.25) is 5.02 Å². The van der Waals surface area contributed by atoms with Gasteiger partial charge in [0.25, 0.3) is 0 Å². The zero-order valence-corrected chi connectivity index (χ0v) is 11.4. The first-order valence-corrected chi connectivity index (χ1v) is 5.91. The lowest BCUT2D eigenvalue weighted by Gasteiger charge is -2.22. The molecular formula is C11H13BrClFO2. The highest BCUT2D eigenvalue weighted by Crippen LogP contribution is 2.32. The monoisotopic (exact) mass is 310 g/mol. The van der Waals surface area contributed by atoms with E-state index in [-0.39, 0.29) is 24.0 Å². The molecule has 1 aromatic carbocycles. The van der Waals surface area contributed by atoms with Crippen molar-refractivity contribution in [3.63, 3.8) is 0 Å². The average molecular weight is 312 g/mol. The molecule has 0 bridgehead atoms. The average Bonchev–Trinajstić information content (AvgIpc) is 2.25. The predicted octanol–water partition coefficient (Wildman–Crippen LogP) is 3.64. The fourth-order valence-electron chi connectivity index (χ4n) is 0.938. The van der Waals surface area contributed by atoms with Crippen LogP contribution in [-0.2, 0) is 0 Å².